The summed E-state index contributed by atoms with van der Waals surface area (Å²) >= 11 is 0. The monoisotopic (exact) mass is 304 g/mol. The third kappa shape index (κ3) is 3.55. The van der Waals surface area contributed by atoms with Gasteiger partial charge in [-0.3, -0.25) is 4.90 Å². The summed E-state index contributed by atoms with van der Waals surface area (Å²) in [4.78, 5) is 1.96. The molecule has 0 aliphatic carbocycles. The number of halogens is 4. The topological polar surface area (TPSA) is 29.3 Å². The molecule has 1 saturated heterocycles. The molecule has 1 aliphatic heterocycles. The van der Waals surface area contributed by atoms with E-state index in [1.54, 1.807) is 0 Å². The summed E-state index contributed by atoms with van der Waals surface area (Å²) in [6.07, 6.45) is -3.67. The van der Waals surface area contributed by atoms with Crippen LogP contribution in [-0.4, -0.2) is 24.5 Å². The molecule has 0 bridgehead atoms. The van der Waals surface area contributed by atoms with Crippen LogP contribution in [0.1, 0.15) is 37.4 Å². The van der Waals surface area contributed by atoms with Crippen molar-refractivity contribution >= 4 is 0 Å². The molecule has 0 radical (unpaired) electrons. The molecule has 2 rings (SSSR count). The zero-order chi connectivity index (χ0) is 15.8. The Morgan fingerprint density at radius 1 is 1.33 bits per heavy atom. The average Bonchev–Trinajstić information content (AvgIpc) is 2.71. The van der Waals surface area contributed by atoms with Gasteiger partial charge in [0.2, 0.25) is 0 Å². The van der Waals surface area contributed by atoms with E-state index in [0.29, 0.717) is 19.2 Å². The Hall–Kier alpha value is -1.14. The molecule has 2 N–H and O–H groups in total. The van der Waals surface area contributed by atoms with Crippen molar-refractivity contribution in [2.24, 2.45) is 11.1 Å². The zero-order valence-electron chi connectivity index (χ0n) is 12.2. The molecule has 1 aliphatic rings. The Morgan fingerprint density at radius 3 is 2.48 bits per heavy atom. The van der Waals surface area contributed by atoms with Crippen LogP contribution >= 0.6 is 0 Å². The first-order valence-electron chi connectivity index (χ1n) is 6.95. The summed E-state index contributed by atoms with van der Waals surface area (Å²) in [6, 6.07) is 2.29. The number of alkyl halides is 3. The van der Waals surface area contributed by atoms with Gasteiger partial charge in [0, 0.05) is 19.1 Å². The molecular weight excluding hydrogens is 284 g/mol. The van der Waals surface area contributed by atoms with Crippen LogP contribution in [-0.2, 0) is 6.18 Å². The van der Waals surface area contributed by atoms with Gasteiger partial charge in [-0.25, -0.2) is 4.39 Å². The highest BCUT2D eigenvalue weighted by Crippen LogP contribution is 2.39. The Morgan fingerprint density at radius 2 is 2.00 bits per heavy atom. The number of hydrogen-bond donors (Lipinski definition) is 1. The van der Waals surface area contributed by atoms with Crippen molar-refractivity contribution in [1.29, 1.82) is 0 Å². The second-order valence-electron chi connectivity index (χ2n) is 6.37. The van der Waals surface area contributed by atoms with E-state index in [4.69, 9.17) is 5.73 Å². The summed E-state index contributed by atoms with van der Waals surface area (Å²) in [7, 11) is 0. The molecule has 1 atom stereocenters. The van der Waals surface area contributed by atoms with Gasteiger partial charge >= 0.3 is 6.18 Å². The maximum Gasteiger partial charge on any atom is 0.416 e. The second kappa shape index (κ2) is 5.57. The molecule has 1 fully saturated rings. The van der Waals surface area contributed by atoms with Crippen molar-refractivity contribution in [3.8, 4) is 0 Å². The molecular formula is C15H20F4N2. The third-order valence-corrected chi connectivity index (χ3v) is 4.05. The van der Waals surface area contributed by atoms with Gasteiger partial charge in [0.1, 0.15) is 5.82 Å². The number of hydrogen-bond acceptors (Lipinski definition) is 2. The lowest BCUT2D eigenvalue weighted by Gasteiger charge is -2.30. The van der Waals surface area contributed by atoms with Crippen LogP contribution in [0.2, 0.25) is 0 Å². The molecule has 0 aromatic heterocycles. The number of nitrogens with zero attached hydrogens (tertiary/aromatic N) is 1. The Balaban J connectivity index is 2.39. The molecule has 1 aromatic rings. The van der Waals surface area contributed by atoms with Crippen LogP contribution in [0.15, 0.2) is 18.2 Å². The first-order valence-corrected chi connectivity index (χ1v) is 6.95. The summed E-state index contributed by atoms with van der Waals surface area (Å²) in [5.41, 5.74) is 4.91. The minimum Gasteiger partial charge on any atom is -0.329 e. The summed E-state index contributed by atoms with van der Waals surface area (Å²) < 4.78 is 52.6. The molecule has 1 unspecified atom stereocenters. The van der Waals surface area contributed by atoms with Crippen molar-refractivity contribution in [2.45, 2.75) is 32.5 Å². The minimum atomic E-state index is -4.58. The highest BCUT2D eigenvalue weighted by molar-refractivity contribution is 5.33. The number of rotatable bonds is 3. The van der Waals surface area contributed by atoms with Crippen LogP contribution in [0.4, 0.5) is 17.6 Å². The number of likely N-dealkylation sites (tertiary alicyclic amines) is 1. The molecule has 21 heavy (non-hydrogen) atoms. The average molecular weight is 304 g/mol. The molecule has 2 nitrogen and oxygen atoms in total. The van der Waals surface area contributed by atoms with Crippen LogP contribution in [0, 0.1) is 11.2 Å². The largest absolute Gasteiger partial charge is 0.416 e. The molecule has 0 amide bonds. The Kier molecular flexibility index (Phi) is 4.31. The Bertz CT molecular complexity index is 511. The van der Waals surface area contributed by atoms with Gasteiger partial charge < -0.3 is 5.73 Å². The molecule has 6 heteroatoms. The summed E-state index contributed by atoms with van der Waals surface area (Å²) in [6.45, 7) is 5.61. The SMILES string of the molecule is CC1(C)CCN(C(CN)c2ccc(F)cc2C(F)(F)F)C1. The molecule has 118 valence electrons. The maximum atomic E-state index is 13.2. The standard InChI is InChI=1S/C15H20F4N2/c1-14(2)5-6-21(9-14)13(8-20)11-4-3-10(16)7-12(11)15(17,18)19/h3-4,7,13H,5-6,8-9,20H2,1-2H3. The van der Waals surface area contributed by atoms with E-state index in [1.165, 1.54) is 6.07 Å². The second-order valence-corrected chi connectivity index (χ2v) is 6.37. The molecule has 0 spiro atoms. The van der Waals surface area contributed by atoms with E-state index in [2.05, 4.69) is 13.8 Å². The third-order valence-electron chi connectivity index (χ3n) is 4.05. The first kappa shape index (κ1) is 16.2. The van der Waals surface area contributed by atoms with Gasteiger partial charge in [0.25, 0.3) is 0 Å². The van der Waals surface area contributed by atoms with E-state index in [9.17, 15) is 17.6 Å². The fraction of sp³-hybridized carbons (Fsp3) is 0.600. The van der Waals surface area contributed by atoms with Gasteiger partial charge in [-0.05, 0) is 36.1 Å². The first-order chi connectivity index (χ1) is 9.64. The fourth-order valence-electron chi connectivity index (χ4n) is 2.96. The van der Waals surface area contributed by atoms with E-state index in [-0.39, 0.29) is 17.5 Å². The summed E-state index contributed by atoms with van der Waals surface area (Å²) in [5.74, 6) is -0.886. The number of nitrogens with two attached hydrogens (primary N) is 1. The minimum absolute atomic E-state index is 0.0594. The Labute approximate surface area is 121 Å². The van der Waals surface area contributed by atoms with Crippen molar-refractivity contribution in [2.75, 3.05) is 19.6 Å². The predicted molar refractivity (Wildman–Crippen MR) is 73.2 cm³/mol. The van der Waals surface area contributed by atoms with E-state index in [1.807, 2.05) is 4.90 Å². The fourth-order valence-corrected chi connectivity index (χ4v) is 2.96. The maximum absolute atomic E-state index is 13.2. The highest BCUT2D eigenvalue weighted by atomic mass is 19.4. The lowest BCUT2D eigenvalue weighted by Crippen LogP contribution is -2.34. The van der Waals surface area contributed by atoms with Crippen molar-refractivity contribution in [3.63, 3.8) is 0 Å². The zero-order valence-corrected chi connectivity index (χ0v) is 12.2. The van der Waals surface area contributed by atoms with Gasteiger partial charge in [0.05, 0.1) is 5.56 Å². The smallest absolute Gasteiger partial charge is 0.329 e. The van der Waals surface area contributed by atoms with Crippen LogP contribution in [0.25, 0.3) is 0 Å². The van der Waals surface area contributed by atoms with Crippen LogP contribution in [0.5, 0.6) is 0 Å². The van der Waals surface area contributed by atoms with Crippen molar-refractivity contribution in [3.05, 3.63) is 35.1 Å². The summed E-state index contributed by atoms with van der Waals surface area (Å²) in [5, 5.41) is 0. The van der Waals surface area contributed by atoms with E-state index in [0.717, 1.165) is 12.5 Å². The molecule has 1 heterocycles. The van der Waals surface area contributed by atoms with Crippen molar-refractivity contribution in [1.82, 2.24) is 4.90 Å². The lowest BCUT2D eigenvalue weighted by atomic mass is 9.93. The normalized spacial score (nSPS) is 20.7. The molecule has 1 aromatic carbocycles. The van der Waals surface area contributed by atoms with E-state index < -0.39 is 23.6 Å². The van der Waals surface area contributed by atoms with Gasteiger partial charge in [0.15, 0.2) is 0 Å². The lowest BCUT2D eigenvalue weighted by molar-refractivity contribution is -0.139. The van der Waals surface area contributed by atoms with Crippen LogP contribution < -0.4 is 5.73 Å². The van der Waals surface area contributed by atoms with Crippen molar-refractivity contribution < 1.29 is 17.6 Å². The van der Waals surface area contributed by atoms with E-state index >= 15 is 0 Å². The highest BCUT2D eigenvalue weighted by Gasteiger charge is 2.39. The quantitative estimate of drug-likeness (QED) is 0.865. The van der Waals surface area contributed by atoms with Gasteiger partial charge in [-0.2, -0.15) is 13.2 Å². The van der Waals surface area contributed by atoms with Crippen LogP contribution in [0.3, 0.4) is 0 Å². The molecule has 0 saturated carbocycles. The van der Waals surface area contributed by atoms with Gasteiger partial charge in [-0.15, -0.1) is 0 Å². The number of benzene rings is 1. The predicted octanol–water partition coefficient (Wildman–Crippen LogP) is 3.58. The van der Waals surface area contributed by atoms with Gasteiger partial charge in [-0.1, -0.05) is 19.9 Å².